The van der Waals surface area contributed by atoms with Gasteiger partial charge in [0.25, 0.3) is 5.91 Å². The number of likely N-dealkylation sites (tertiary alicyclic amines) is 1. The maximum Gasteiger partial charge on any atom is 0.255 e. The van der Waals surface area contributed by atoms with Crippen LogP contribution >= 0.6 is 0 Å². The van der Waals surface area contributed by atoms with Gasteiger partial charge >= 0.3 is 0 Å². The average molecular weight is 249 g/mol. The van der Waals surface area contributed by atoms with Gasteiger partial charge in [0.05, 0.1) is 11.7 Å². The Morgan fingerprint density at radius 1 is 1.61 bits per heavy atom. The summed E-state index contributed by atoms with van der Waals surface area (Å²) in [6, 6.07) is 3.58. The molecule has 2 heterocycles. The van der Waals surface area contributed by atoms with Gasteiger partial charge in [-0.1, -0.05) is 0 Å². The van der Waals surface area contributed by atoms with E-state index in [9.17, 15) is 9.90 Å². The van der Waals surface area contributed by atoms with Gasteiger partial charge in [0.1, 0.15) is 0 Å². The Kier molecular flexibility index (Phi) is 3.93. The summed E-state index contributed by atoms with van der Waals surface area (Å²) in [5.74, 6) is -0.0495. The minimum atomic E-state index is -0.421. The monoisotopic (exact) mass is 249 g/mol. The molecule has 98 valence electrons. The van der Waals surface area contributed by atoms with Crippen LogP contribution in [0.5, 0.6) is 0 Å². The summed E-state index contributed by atoms with van der Waals surface area (Å²) in [5.41, 5.74) is 0.579. The summed E-state index contributed by atoms with van der Waals surface area (Å²) >= 11 is 0. The zero-order valence-corrected chi connectivity index (χ0v) is 10.8. The number of pyridine rings is 1. The number of carbonyl (C=O) groups excluding carboxylic acids is 1. The Bertz CT molecular complexity index is 408. The fourth-order valence-corrected chi connectivity index (χ4v) is 2.39. The van der Waals surface area contributed by atoms with E-state index in [1.807, 2.05) is 19.0 Å². The molecule has 5 nitrogen and oxygen atoms in total. The minimum Gasteiger partial charge on any atom is -0.391 e. The molecule has 2 atom stereocenters. The number of carbonyl (C=O) groups is 1. The summed E-state index contributed by atoms with van der Waals surface area (Å²) in [4.78, 5) is 20.1. The Labute approximate surface area is 107 Å². The number of hydrogen-bond acceptors (Lipinski definition) is 4. The van der Waals surface area contributed by atoms with Crippen LogP contribution in [0.1, 0.15) is 16.8 Å². The highest BCUT2D eigenvalue weighted by molar-refractivity contribution is 5.94. The topological polar surface area (TPSA) is 56.7 Å². The minimum absolute atomic E-state index is 0.0495. The van der Waals surface area contributed by atoms with E-state index in [4.69, 9.17) is 0 Å². The Balaban J connectivity index is 2.13. The van der Waals surface area contributed by atoms with E-state index in [2.05, 4.69) is 4.98 Å². The fourth-order valence-electron chi connectivity index (χ4n) is 2.39. The van der Waals surface area contributed by atoms with Gasteiger partial charge in [0, 0.05) is 31.5 Å². The predicted octanol–water partition coefficient (Wildman–Crippen LogP) is 0.219. The molecule has 1 N–H and O–H groups in total. The second-order valence-corrected chi connectivity index (χ2v) is 5.00. The predicted molar refractivity (Wildman–Crippen MR) is 68.2 cm³/mol. The third-order valence-corrected chi connectivity index (χ3v) is 3.14. The van der Waals surface area contributed by atoms with E-state index in [-0.39, 0.29) is 11.9 Å². The number of likely N-dealkylation sites (N-methyl/N-ethyl adjacent to an activating group) is 1. The van der Waals surface area contributed by atoms with Crippen LogP contribution in [0.4, 0.5) is 0 Å². The lowest BCUT2D eigenvalue weighted by atomic mass is 10.2. The highest BCUT2D eigenvalue weighted by Crippen LogP contribution is 2.20. The number of aromatic nitrogens is 1. The SMILES string of the molecule is CN(C)CC1CC(O)CN1C(=O)c1cccnc1. The molecule has 0 spiro atoms. The third-order valence-electron chi connectivity index (χ3n) is 3.14. The van der Waals surface area contributed by atoms with Crippen molar-refractivity contribution in [1.29, 1.82) is 0 Å². The van der Waals surface area contributed by atoms with Gasteiger partial charge in [0.2, 0.25) is 0 Å². The van der Waals surface area contributed by atoms with Gasteiger partial charge in [0.15, 0.2) is 0 Å². The molecule has 0 aliphatic carbocycles. The first-order valence-corrected chi connectivity index (χ1v) is 6.11. The van der Waals surface area contributed by atoms with Crippen LogP contribution in [0.2, 0.25) is 0 Å². The number of amides is 1. The molecule has 1 aliphatic rings. The zero-order chi connectivity index (χ0) is 13.1. The molecule has 1 amide bonds. The average Bonchev–Trinajstić information content (AvgIpc) is 2.69. The van der Waals surface area contributed by atoms with Crippen LogP contribution in [-0.4, -0.2) is 65.1 Å². The van der Waals surface area contributed by atoms with E-state index in [1.165, 1.54) is 0 Å². The normalized spacial score (nSPS) is 23.7. The zero-order valence-electron chi connectivity index (χ0n) is 10.8. The van der Waals surface area contributed by atoms with Gasteiger partial charge in [-0.25, -0.2) is 0 Å². The molecule has 0 bridgehead atoms. The van der Waals surface area contributed by atoms with E-state index >= 15 is 0 Å². The van der Waals surface area contributed by atoms with Crippen LogP contribution in [-0.2, 0) is 0 Å². The van der Waals surface area contributed by atoms with Crippen LogP contribution < -0.4 is 0 Å². The smallest absolute Gasteiger partial charge is 0.255 e. The lowest BCUT2D eigenvalue weighted by molar-refractivity contribution is 0.0698. The Hall–Kier alpha value is -1.46. The lowest BCUT2D eigenvalue weighted by Crippen LogP contribution is -2.41. The van der Waals surface area contributed by atoms with Crippen LogP contribution in [0.15, 0.2) is 24.5 Å². The molecule has 2 rings (SSSR count). The van der Waals surface area contributed by atoms with E-state index in [0.717, 1.165) is 6.54 Å². The molecular formula is C13H19N3O2. The van der Waals surface area contributed by atoms with Crippen molar-refractivity contribution in [2.24, 2.45) is 0 Å². The van der Waals surface area contributed by atoms with Crippen molar-refractivity contribution in [3.8, 4) is 0 Å². The summed E-state index contributed by atoms with van der Waals surface area (Å²) in [7, 11) is 3.94. The molecule has 2 unspecified atom stereocenters. The summed E-state index contributed by atoms with van der Waals surface area (Å²) in [6.45, 7) is 1.18. The standard InChI is InChI=1S/C13H19N3O2/c1-15(2)8-11-6-12(17)9-16(11)13(18)10-4-3-5-14-7-10/h3-5,7,11-12,17H,6,8-9H2,1-2H3. The summed E-state index contributed by atoms with van der Waals surface area (Å²) < 4.78 is 0. The van der Waals surface area contributed by atoms with Crippen molar-refractivity contribution in [3.05, 3.63) is 30.1 Å². The molecule has 5 heteroatoms. The number of hydrogen-bond donors (Lipinski definition) is 1. The first kappa shape index (κ1) is 13.0. The highest BCUT2D eigenvalue weighted by Gasteiger charge is 2.34. The first-order valence-electron chi connectivity index (χ1n) is 6.11. The number of nitrogens with zero attached hydrogens (tertiary/aromatic N) is 3. The first-order chi connectivity index (χ1) is 8.58. The largest absolute Gasteiger partial charge is 0.391 e. The molecule has 1 aromatic heterocycles. The van der Waals surface area contributed by atoms with Crippen molar-refractivity contribution < 1.29 is 9.90 Å². The molecule has 1 aromatic rings. The van der Waals surface area contributed by atoms with E-state index in [1.54, 1.807) is 29.4 Å². The number of aliphatic hydroxyl groups excluding tert-OH is 1. The second-order valence-electron chi connectivity index (χ2n) is 5.00. The van der Waals surface area contributed by atoms with Gasteiger partial charge in [-0.15, -0.1) is 0 Å². The molecule has 18 heavy (non-hydrogen) atoms. The van der Waals surface area contributed by atoms with Gasteiger partial charge in [-0.2, -0.15) is 0 Å². The summed E-state index contributed by atoms with van der Waals surface area (Å²) in [6.07, 6.45) is 3.44. The highest BCUT2D eigenvalue weighted by atomic mass is 16.3. The molecule has 0 aromatic carbocycles. The van der Waals surface area contributed by atoms with Crippen LogP contribution in [0.25, 0.3) is 0 Å². The molecule has 1 fully saturated rings. The van der Waals surface area contributed by atoms with Crippen molar-refractivity contribution in [2.45, 2.75) is 18.6 Å². The molecule has 1 aliphatic heterocycles. The van der Waals surface area contributed by atoms with E-state index in [0.29, 0.717) is 18.5 Å². The van der Waals surface area contributed by atoms with Crippen molar-refractivity contribution in [1.82, 2.24) is 14.8 Å². The van der Waals surface area contributed by atoms with Gasteiger partial charge < -0.3 is 14.9 Å². The van der Waals surface area contributed by atoms with Crippen LogP contribution in [0, 0.1) is 0 Å². The lowest BCUT2D eigenvalue weighted by Gasteiger charge is -2.26. The molecule has 0 radical (unpaired) electrons. The maximum atomic E-state index is 12.3. The number of rotatable bonds is 3. The van der Waals surface area contributed by atoms with E-state index < -0.39 is 6.10 Å². The molecule has 1 saturated heterocycles. The number of β-amino-alcohol motifs (C(OH)–C–C–N with tert-alkyl or cyclic N) is 1. The number of aliphatic hydroxyl groups is 1. The van der Waals surface area contributed by atoms with Crippen molar-refractivity contribution >= 4 is 5.91 Å². The van der Waals surface area contributed by atoms with Gasteiger partial charge in [-0.3, -0.25) is 9.78 Å². The van der Waals surface area contributed by atoms with Crippen LogP contribution in [0.3, 0.4) is 0 Å². The third kappa shape index (κ3) is 2.86. The molecular weight excluding hydrogens is 230 g/mol. The maximum absolute atomic E-state index is 12.3. The molecule has 0 saturated carbocycles. The second kappa shape index (κ2) is 5.46. The van der Waals surface area contributed by atoms with Crippen molar-refractivity contribution in [2.75, 3.05) is 27.2 Å². The summed E-state index contributed by atoms with van der Waals surface area (Å²) in [5, 5.41) is 9.75. The van der Waals surface area contributed by atoms with Gasteiger partial charge in [-0.05, 0) is 32.6 Å². The quantitative estimate of drug-likeness (QED) is 0.832. The fraction of sp³-hybridized carbons (Fsp3) is 0.538. The Morgan fingerprint density at radius 2 is 2.39 bits per heavy atom. The van der Waals surface area contributed by atoms with Crippen molar-refractivity contribution in [3.63, 3.8) is 0 Å². The Morgan fingerprint density at radius 3 is 3.00 bits per heavy atom.